The van der Waals surface area contributed by atoms with Crippen molar-refractivity contribution in [1.82, 2.24) is 4.31 Å². The van der Waals surface area contributed by atoms with Crippen LogP contribution in [0.3, 0.4) is 0 Å². The lowest BCUT2D eigenvalue weighted by atomic mass is 10.1. The Morgan fingerprint density at radius 3 is 2.55 bits per heavy atom. The fourth-order valence-electron chi connectivity index (χ4n) is 2.00. The molecule has 0 spiro atoms. The Balaban J connectivity index is 3.13. The first-order chi connectivity index (χ1) is 9.47. The third-order valence-electron chi connectivity index (χ3n) is 3.19. The van der Waals surface area contributed by atoms with Crippen molar-refractivity contribution in [3.8, 4) is 0 Å². The highest BCUT2D eigenvalue weighted by molar-refractivity contribution is 7.89. The summed E-state index contributed by atoms with van der Waals surface area (Å²) in [5.41, 5.74) is 6.77. The number of nitrogens with two attached hydrogens (primary N) is 1. The van der Waals surface area contributed by atoms with Gasteiger partial charge in [0, 0.05) is 19.1 Å². The van der Waals surface area contributed by atoms with Crippen molar-refractivity contribution in [1.29, 1.82) is 0 Å². The van der Waals surface area contributed by atoms with Crippen molar-refractivity contribution in [3.63, 3.8) is 0 Å². The van der Waals surface area contributed by atoms with Crippen LogP contribution in [0.1, 0.15) is 38.3 Å². The van der Waals surface area contributed by atoms with Crippen LogP contribution in [-0.4, -0.2) is 37.5 Å². The first-order valence-corrected chi connectivity index (χ1v) is 8.37. The number of sulfonamides is 1. The van der Waals surface area contributed by atoms with Gasteiger partial charge in [-0.25, -0.2) is 8.42 Å². The Labute approximate surface area is 121 Å². The van der Waals surface area contributed by atoms with E-state index in [1.807, 2.05) is 19.9 Å². The van der Waals surface area contributed by atoms with E-state index >= 15 is 0 Å². The number of benzene rings is 1. The minimum Gasteiger partial charge on any atom is -0.395 e. The largest absolute Gasteiger partial charge is 0.395 e. The molecule has 1 atom stereocenters. The molecular weight excluding hydrogens is 276 g/mol. The third-order valence-corrected chi connectivity index (χ3v) is 5.08. The maximum Gasteiger partial charge on any atom is 0.243 e. The lowest BCUT2D eigenvalue weighted by Gasteiger charge is -2.21. The summed E-state index contributed by atoms with van der Waals surface area (Å²) in [5, 5.41) is 9.03. The Bertz CT molecular complexity index is 511. The zero-order valence-corrected chi connectivity index (χ0v) is 12.9. The fraction of sp³-hybridized carbons (Fsp3) is 0.571. The van der Waals surface area contributed by atoms with Crippen molar-refractivity contribution in [2.75, 3.05) is 19.7 Å². The number of nitrogens with zero attached hydrogens (tertiary/aromatic N) is 1. The van der Waals surface area contributed by atoms with E-state index in [-0.39, 0.29) is 24.1 Å². The van der Waals surface area contributed by atoms with Crippen LogP contribution in [0.25, 0.3) is 0 Å². The molecule has 1 unspecified atom stereocenters. The Morgan fingerprint density at radius 1 is 1.30 bits per heavy atom. The highest BCUT2D eigenvalue weighted by Gasteiger charge is 2.23. The first kappa shape index (κ1) is 17.1. The van der Waals surface area contributed by atoms with Gasteiger partial charge in [-0.05, 0) is 30.5 Å². The van der Waals surface area contributed by atoms with Crippen LogP contribution < -0.4 is 5.73 Å². The number of rotatable bonds is 8. The molecular formula is C14H24N2O3S. The second kappa shape index (κ2) is 7.73. The summed E-state index contributed by atoms with van der Waals surface area (Å²) in [6.45, 7) is 4.19. The van der Waals surface area contributed by atoms with Gasteiger partial charge < -0.3 is 10.8 Å². The van der Waals surface area contributed by atoms with Gasteiger partial charge in [-0.15, -0.1) is 0 Å². The summed E-state index contributed by atoms with van der Waals surface area (Å²) in [6.07, 6.45) is 1.45. The van der Waals surface area contributed by atoms with Gasteiger partial charge in [0.1, 0.15) is 0 Å². The average molecular weight is 300 g/mol. The van der Waals surface area contributed by atoms with Gasteiger partial charge in [0.2, 0.25) is 10.0 Å². The van der Waals surface area contributed by atoms with Crippen molar-refractivity contribution in [2.24, 2.45) is 5.73 Å². The molecule has 1 aromatic carbocycles. The monoisotopic (exact) mass is 300 g/mol. The minimum atomic E-state index is -3.57. The number of hydrogen-bond donors (Lipinski definition) is 2. The van der Waals surface area contributed by atoms with Crippen LogP contribution in [0, 0.1) is 0 Å². The van der Waals surface area contributed by atoms with Crippen LogP contribution in [-0.2, 0) is 10.0 Å². The Kier molecular flexibility index (Phi) is 6.61. The van der Waals surface area contributed by atoms with Gasteiger partial charge in [-0.2, -0.15) is 4.31 Å². The van der Waals surface area contributed by atoms with Gasteiger partial charge >= 0.3 is 0 Å². The zero-order chi connectivity index (χ0) is 15.2. The summed E-state index contributed by atoms with van der Waals surface area (Å²) >= 11 is 0. The molecule has 0 fully saturated rings. The van der Waals surface area contributed by atoms with Crippen molar-refractivity contribution >= 4 is 10.0 Å². The second-order valence-corrected chi connectivity index (χ2v) is 6.65. The summed E-state index contributed by atoms with van der Waals surface area (Å²) in [5.74, 6) is 0. The third kappa shape index (κ3) is 4.02. The highest BCUT2D eigenvalue weighted by Crippen LogP contribution is 2.21. The highest BCUT2D eigenvalue weighted by atomic mass is 32.2. The van der Waals surface area contributed by atoms with Crippen LogP contribution in [0.4, 0.5) is 0 Å². The van der Waals surface area contributed by atoms with Crippen LogP contribution in [0.5, 0.6) is 0 Å². The molecule has 0 amide bonds. The van der Waals surface area contributed by atoms with Gasteiger partial charge in [-0.1, -0.05) is 26.0 Å². The lowest BCUT2D eigenvalue weighted by Crippen LogP contribution is -2.34. The smallest absolute Gasteiger partial charge is 0.243 e. The standard InChI is InChI=1S/C14H24N2O3S/c1-3-8-16(9-10-17)20(18,19)13-7-5-6-12(11-13)14(15)4-2/h5-7,11,14,17H,3-4,8-10,15H2,1-2H3. The number of aliphatic hydroxyl groups excluding tert-OH is 1. The molecule has 0 heterocycles. The summed E-state index contributed by atoms with van der Waals surface area (Å²) in [7, 11) is -3.57. The van der Waals surface area contributed by atoms with E-state index in [0.29, 0.717) is 13.0 Å². The number of aliphatic hydroxyl groups is 1. The van der Waals surface area contributed by atoms with Crippen LogP contribution in [0.15, 0.2) is 29.2 Å². The molecule has 1 rings (SSSR count). The topological polar surface area (TPSA) is 83.6 Å². The van der Waals surface area contributed by atoms with E-state index in [2.05, 4.69) is 0 Å². The summed E-state index contributed by atoms with van der Waals surface area (Å²) < 4.78 is 26.4. The van der Waals surface area contributed by atoms with Crippen molar-refractivity contribution in [3.05, 3.63) is 29.8 Å². The van der Waals surface area contributed by atoms with E-state index < -0.39 is 10.0 Å². The molecule has 6 heteroatoms. The van der Waals surface area contributed by atoms with Gasteiger partial charge in [0.15, 0.2) is 0 Å². The molecule has 3 N–H and O–H groups in total. The fourth-order valence-corrected chi connectivity index (χ4v) is 3.58. The Morgan fingerprint density at radius 2 is 2.00 bits per heavy atom. The van der Waals surface area contributed by atoms with E-state index in [9.17, 15) is 8.42 Å². The van der Waals surface area contributed by atoms with Crippen molar-refractivity contribution in [2.45, 2.75) is 37.6 Å². The van der Waals surface area contributed by atoms with E-state index in [1.54, 1.807) is 18.2 Å². The second-order valence-electron chi connectivity index (χ2n) is 4.71. The SMILES string of the molecule is CCCN(CCO)S(=O)(=O)c1cccc(C(N)CC)c1. The predicted octanol–water partition coefficient (Wildman–Crippen LogP) is 1.49. The summed E-state index contributed by atoms with van der Waals surface area (Å²) in [6, 6.07) is 6.58. The Hall–Kier alpha value is -0.950. The minimum absolute atomic E-state index is 0.111. The van der Waals surface area contributed by atoms with Crippen LogP contribution in [0.2, 0.25) is 0 Å². The molecule has 0 bridgehead atoms. The maximum absolute atomic E-state index is 12.5. The first-order valence-electron chi connectivity index (χ1n) is 6.93. The lowest BCUT2D eigenvalue weighted by molar-refractivity contribution is 0.253. The molecule has 0 aliphatic rings. The average Bonchev–Trinajstić information content (AvgIpc) is 2.46. The molecule has 114 valence electrons. The number of hydrogen-bond acceptors (Lipinski definition) is 4. The summed E-state index contributed by atoms with van der Waals surface area (Å²) in [4.78, 5) is 0.237. The van der Waals surface area contributed by atoms with E-state index in [4.69, 9.17) is 10.8 Å². The molecule has 0 radical (unpaired) electrons. The molecule has 0 saturated heterocycles. The van der Waals surface area contributed by atoms with E-state index in [0.717, 1.165) is 12.0 Å². The van der Waals surface area contributed by atoms with Gasteiger partial charge in [-0.3, -0.25) is 0 Å². The quantitative estimate of drug-likeness (QED) is 0.762. The molecule has 0 aliphatic heterocycles. The van der Waals surface area contributed by atoms with Gasteiger partial charge in [0.25, 0.3) is 0 Å². The molecule has 0 aromatic heterocycles. The molecule has 1 aromatic rings. The molecule has 0 aliphatic carbocycles. The molecule has 0 saturated carbocycles. The van der Waals surface area contributed by atoms with Crippen molar-refractivity contribution < 1.29 is 13.5 Å². The van der Waals surface area contributed by atoms with E-state index in [1.165, 1.54) is 4.31 Å². The van der Waals surface area contributed by atoms with Crippen LogP contribution >= 0.6 is 0 Å². The molecule has 5 nitrogen and oxygen atoms in total. The zero-order valence-electron chi connectivity index (χ0n) is 12.1. The van der Waals surface area contributed by atoms with Gasteiger partial charge in [0.05, 0.1) is 11.5 Å². The predicted molar refractivity (Wildman–Crippen MR) is 79.8 cm³/mol. The molecule has 20 heavy (non-hydrogen) atoms. The normalized spacial score (nSPS) is 13.7. The maximum atomic E-state index is 12.5.